The smallest absolute Gasteiger partial charge is 0.320 e. The molecular weight excluding hydrogens is 362 g/mol. The SMILES string of the molecule is Nc1ccnc2c1ncn2[C@@H]1O[C@H](CSCCC(N)C(=O)O)[C@@H](O)[C@H]1O. The summed E-state index contributed by atoms with van der Waals surface area (Å²) in [5.41, 5.74) is 12.7. The Bertz CT molecular complexity index is 787. The number of carboxylic acid groups (broad SMARTS) is 1. The second kappa shape index (κ2) is 7.76. The van der Waals surface area contributed by atoms with Gasteiger partial charge in [-0.25, -0.2) is 9.97 Å². The van der Waals surface area contributed by atoms with E-state index >= 15 is 0 Å². The molecule has 5 atom stereocenters. The lowest BCUT2D eigenvalue weighted by Crippen LogP contribution is -2.33. The van der Waals surface area contributed by atoms with Crippen LogP contribution < -0.4 is 11.5 Å². The molecular formula is C15H21N5O5S. The number of carbonyl (C=O) groups is 1. The van der Waals surface area contributed by atoms with Gasteiger partial charge in [-0.05, 0) is 18.2 Å². The summed E-state index contributed by atoms with van der Waals surface area (Å²) in [6, 6.07) is 0.714. The molecule has 7 N–H and O–H groups in total. The van der Waals surface area contributed by atoms with Crippen molar-refractivity contribution in [3.05, 3.63) is 18.6 Å². The average Bonchev–Trinajstić information content (AvgIpc) is 3.15. The van der Waals surface area contributed by atoms with Crippen molar-refractivity contribution in [3.8, 4) is 0 Å². The van der Waals surface area contributed by atoms with Crippen LogP contribution in [0.5, 0.6) is 0 Å². The Morgan fingerprint density at radius 1 is 1.38 bits per heavy atom. The molecule has 0 aromatic carbocycles. The molecule has 2 aromatic heterocycles. The van der Waals surface area contributed by atoms with Crippen LogP contribution in [0.25, 0.3) is 11.2 Å². The zero-order valence-electron chi connectivity index (χ0n) is 13.8. The number of thioether (sulfide) groups is 1. The largest absolute Gasteiger partial charge is 0.480 e. The molecule has 1 aliphatic rings. The molecule has 3 heterocycles. The Kier molecular flexibility index (Phi) is 5.63. The molecule has 10 nitrogen and oxygen atoms in total. The van der Waals surface area contributed by atoms with Crippen LogP contribution in [0.15, 0.2) is 18.6 Å². The van der Waals surface area contributed by atoms with Crippen LogP contribution >= 0.6 is 11.8 Å². The second-order valence-corrected chi connectivity index (χ2v) is 7.23. The Balaban J connectivity index is 1.64. The Morgan fingerprint density at radius 3 is 2.88 bits per heavy atom. The van der Waals surface area contributed by atoms with Gasteiger partial charge in [-0.1, -0.05) is 0 Å². The highest BCUT2D eigenvalue weighted by Gasteiger charge is 2.44. The predicted molar refractivity (Wildman–Crippen MR) is 95.4 cm³/mol. The summed E-state index contributed by atoms with van der Waals surface area (Å²) < 4.78 is 7.35. The molecule has 0 radical (unpaired) electrons. The van der Waals surface area contributed by atoms with Crippen molar-refractivity contribution in [1.29, 1.82) is 0 Å². The number of anilines is 1. The fourth-order valence-electron chi connectivity index (χ4n) is 2.77. The third kappa shape index (κ3) is 3.62. The van der Waals surface area contributed by atoms with Crippen LogP contribution in [-0.4, -0.2) is 71.7 Å². The highest BCUT2D eigenvalue weighted by atomic mass is 32.2. The number of nitrogens with two attached hydrogens (primary N) is 2. The monoisotopic (exact) mass is 383 g/mol. The molecule has 0 saturated carbocycles. The van der Waals surface area contributed by atoms with Gasteiger partial charge in [0.05, 0.1) is 18.1 Å². The zero-order chi connectivity index (χ0) is 18.8. The maximum Gasteiger partial charge on any atom is 0.320 e. The first-order valence-corrected chi connectivity index (χ1v) is 9.20. The quantitative estimate of drug-likeness (QED) is 0.380. The second-order valence-electron chi connectivity index (χ2n) is 6.08. The lowest BCUT2D eigenvalue weighted by Gasteiger charge is -2.16. The third-order valence-electron chi connectivity index (χ3n) is 4.28. The van der Waals surface area contributed by atoms with Gasteiger partial charge in [-0.15, -0.1) is 0 Å². The van der Waals surface area contributed by atoms with Gasteiger partial charge in [0.15, 0.2) is 11.9 Å². The van der Waals surface area contributed by atoms with Crippen molar-refractivity contribution >= 4 is 34.6 Å². The number of carboxylic acids is 1. The number of ether oxygens (including phenoxy) is 1. The molecule has 0 spiro atoms. The van der Waals surface area contributed by atoms with Crippen LogP contribution in [-0.2, 0) is 9.53 Å². The number of rotatable bonds is 7. The maximum atomic E-state index is 10.7. The summed E-state index contributed by atoms with van der Waals surface area (Å²) in [6.07, 6.45) is -0.371. The van der Waals surface area contributed by atoms with Crippen molar-refractivity contribution < 1.29 is 24.9 Å². The van der Waals surface area contributed by atoms with Crippen molar-refractivity contribution in [2.75, 3.05) is 17.2 Å². The van der Waals surface area contributed by atoms with Gasteiger partial charge in [0.2, 0.25) is 0 Å². The zero-order valence-corrected chi connectivity index (χ0v) is 14.6. The highest BCUT2D eigenvalue weighted by Crippen LogP contribution is 2.33. The van der Waals surface area contributed by atoms with Crippen LogP contribution in [0.1, 0.15) is 12.6 Å². The minimum atomic E-state index is -1.15. The summed E-state index contributed by atoms with van der Waals surface area (Å²) in [7, 11) is 0. The molecule has 142 valence electrons. The van der Waals surface area contributed by atoms with Gasteiger partial charge in [0, 0.05) is 11.9 Å². The molecule has 0 amide bonds. The number of aromatic nitrogens is 3. The van der Waals surface area contributed by atoms with E-state index in [4.69, 9.17) is 21.3 Å². The van der Waals surface area contributed by atoms with Crippen molar-refractivity contribution in [1.82, 2.24) is 14.5 Å². The summed E-state index contributed by atoms with van der Waals surface area (Å²) in [4.78, 5) is 19.1. The molecule has 0 bridgehead atoms. The van der Waals surface area contributed by atoms with Crippen molar-refractivity contribution in [2.24, 2.45) is 5.73 Å². The molecule has 1 saturated heterocycles. The molecule has 0 aliphatic carbocycles. The van der Waals surface area contributed by atoms with E-state index in [2.05, 4.69) is 9.97 Å². The topological polar surface area (TPSA) is 170 Å². The number of imidazole rings is 1. The van der Waals surface area contributed by atoms with Gasteiger partial charge in [-0.2, -0.15) is 11.8 Å². The lowest BCUT2D eigenvalue weighted by atomic mass is 10.1. The Labute approximate surface area is 153 Å². The maximum absolute atomic E-state index is 10.7. The number of aliphatic hydroxyl groups excluding tert-OH is 2. The molecule has 26 heavy (non-hydrogen) atoms. The predicted octanol–water partition coefficient (Wildman–Crippen LogP) is -0.832. The first-order chi connectivity index (χ1) is 12.4. The summed E-state index contributed by atoms with van der Waals surface area (Å²) in [5.74, 6) is -0.145. The number of pyridine rings is 1. The number of hydrogen-bond acceptors (Lipinski definition) is 9. The Hall–Kier alpha value is -1.92. The van der Waals surface area contributed by atoms with Gasteiger partial charge < -0.3 is 31.5 Å². The minimum absolute atomic E-state index is 0.310. The van der Waals surface area contributed by atoms with Crippen LogP contribution in [0, 0.1) is 0 Å². The van der Waals surface area contributed by atoms with E-state index in [-0.39, 0.29) is 0 Å². The van der Waals surface area contributed by atoms with E-state index in [1.54, 1.807) is 10.6 Å². The standard InChI is InChI=1S/C15H21N5O5S/c16-7-1-3-18-13-10(7)19-6-20(13)14-12(22)11(21)9(25-14)5-26-4-2-8(17)15(23)24/h1,3,6,8-9,11-12,14,21-22H,2,4-5,17H2,(H2,16,18)(H,23,24)/t8?,9-,11-,12-,14-/m1/s1. The molecule has 1 aliphatic heterocycles. The number of aliphatic carboxylic acids is 1. The van der Waals surface area contributed by atoms with Crippen LogP contribution in [0.4, 0.5) is 5.69 Å². The minimum Gasteiger partial charge on any atom is -0.480 e. The molecule has 1 fully saturated rings. The van der Waals surface area contributed by atoms with E-state index in [1.807, 2.05) is 0 Å². The van der Waals surface area contributed by atoms with Gasteiger partial charge >= 0.3 is 5.97 Å². The van der Waals surface area contributed by atoms with Gasteiger partial charge in [0.1, 0.15) is 23.8 Å². The van der Waals surface area contributed by atoms with E-state index < -0.39 is 36.6 Å². The summed E-state index contributed by atoms with van der Waals surface area (Å²) >= 11 is 1.41. The first-order valence-electron chi connectivity index (χ1n) is 8.05. The van der Waals surface area contributed by atoms with E-state index in [9.17, 15) is 15.0 Å². The lowest BCUT2D eigenvalue weighted by molar-refractivity contribution is -0.138. The van der Waals surface area contributed by atoms with Crippen LogP contribution in [0.3, 0.4) is 0 Å². The third-order valence-corrected chi connectivity index (χ3v) is 5.36. The normalized spacial score (nSPS) is 27.0. The van der Waals surface area contributed by atoms with E-state index in [0.29, 0.717) is 34.8 Å². The van der Waals surface area contributed by atoms with Gasteiger partial charge in [-0.3, -0.25) is 9.36 Å². The molecule has 3 rings (SSSR count). The average molecular weight is 383 g/mol. The van der Waals surface area contributed by atoms with E-state index in [0.717, 1.165) is 0 Å². The fourth-order valence-corrected chi connectivity index (χ4v) is 3.86. The number of nitrogen functional groups attached to an aromatic ring is 1. The first kappa shape index (κ1) is 18.9. The number of aliphatic hydroxyl groups is 2. The van der Waals surface area contributed by atoms with E-state index in [1.165, 1.54) is 24.3 Å². The highest BCUT2D eigenvalue weighted by molar-refractivity contribution is 7.99. The molecule has 11 heteroatoms. The fraction of sp³-hybridized carbons (Fsp3) is 0.533. The van der Waals surface area contributed by atoms with Crippen molar-refractivity contribution in [2.45, 2.75) is 37.0 Å². The molecule has 2 aromatic rings. The summed E-state index contributed by atoms with van der Waals surface area (Å²) in [6.45, 7) is 0. The Morgan fingerprint density at radius 2 is 2.15 bits per heavy atom. The number of hydrogen-bond donors (Lipinski definition) is 5. The number of nitrogens with zero attached hydrogens (tertiary/aromatic N) is 3. The summed E-state index contributed by atoms with van der Waals surface area (Å²) in [5, 5.41) is 29.4. The van der Waals surface area contributed by atoms with Crippen molar-refractivity contribution in [3.63, 3.8) is 0 Å². The molecule has 1 unspecified atom stereocenters. The van der Waals surface area contributed by atoms with Gasteiger partial charge in [0.25, 0.3) is 0 Å². The van der Waals surface area contributed by atoms with Crippen LogP contribution in [0.2, 0.25) is 0 Å². The number of fused-ring (bicyclic) bond motifs is 1.